The van der Waals surface area contributed by atoms with Crippen LogP contribution in [0.4, 0.5) is 0 Å². The summed E-state index contributed by atoms with van der Waals surface area (Å²) in [6.45, 7) is 4.27. The predicted molar refractivity (Wildman–Crippen MR) is 198 cm³/mol. The molecule has 2 atom stereocenters. The Hall–Kier alpha value is -1.39. The lowest BCUT2D eigenvalue weighted by Gasteiger charge is -2.19. The largest absolute Gasteiger partial charge is 0.394 e. The number of nitrogens with one attached hydrogen (secondary N) is 1. The van der Waals surface area contributed by atoms with E-state index >= 15 is 0 Å². The van der Waals surface area contributed by atoms with Gasteiger partial charge in [0, 0.05) is 6.42 Å². The van der Waals surface area contributed by atoms with Gasteiger partial charge in [-0.2, -0.15) is 0 Å². The van der Waals surface area contributed by atoms with Crippen molar-refractivity contribution in [3.05, 3.63) is 36.5 Å². The molecule has 264 valence electrons. The maximum Gasteiger partial charge on any atom is 0.220 e. The standard InChI is InChI=1S/C41H77NO3/c1-3-5-7-9-11-13-15-17-18-19-20-21-22-23-24-25-27-29-31-33-35-37-41(45)42-39(38-43)40(44)36-34-32-30-28-26-16-14-12-10-8-6-4-2/h21-22,26,28,34,36,39-40,43-44H,3-20,23-25,27,29-33,35,37-38H2,1-2H3,(H,42,45)/b22-21-,28-26+,36-34+. The van der Waals surface area contributed by atoms with Gasteiger partial charge in [0.05, 0.1) is 18.8 Å². The van der Waals surface area contributed by atoms with Gasteiger partial charge in [0.2, 0.25) is 5.91 Å². The smallest absolute Gasteiger partial charge is 0.220 e. The van der Waals surface area contributed by atoms with Crippen molar-refractivity contribution in [3.63, 3.8) is 0 Å². The number of allylic oxidation sites excluding steroid dienone is 5. The highest BCUT2D eigenvalue weighted by Gasteiger charge is 2.17. The molecule has 0 saturated heterocycles. The van der Waals surface area contributed by atoms with Gasteiger partial charge in [-0.15, -0.1) is 0 Å². The molecule has 4 nitrogen and oxygen atoms in total. The van der Waals surface area contributed by atoms with Crippen LogP contribution in [0.3, 0.4) is 0 Å². The topological polar surface area (TPSA) is 69.6 Å². The summed E-state index contributed by atoms with van der Waals surface area (Å²) in [6, 6.07) is -0.638. The molecule has 0 saturated carbocycles. The van der Waals surface area contributed by atoms with Crippen LogP contribution in [0, 0.1) is 0 Å². The van der Waals surface area contributed by atoms with Crippen LogP contribution >= 0.6 is 0 Å². The zero-order chi connectivity index (χ0) is 32.9. The van der Waals surface area contributed by atoms with Crippen LogP contribution < -0.4 is 5.32 Å². The van der Waals surface area contributed by atoms with E-state index in [1.54, 1.807) is 6.08 Å². The monoisotopic (exact) mass is 632 g/mol. The molecule has 0 aliphatic heterocycles. The summed E-state index contributed by atoms with van der Waals surface area (Å²) in [5.74, 6) is -0.0799. The van der Waals surface area contributed by atoms with Crippen molar-refractivity contribution in [2.75, 3.05) is 6.61 Å². The molecule has 45 heavy (non-hydrogen) atoms. The van der Waals surface area contributed by atoms with E-state index in [9.17, 15) is 15.0 Å². The Morgan fingerprint density at radius 2 is 0.867 bits per heavy atom. The second-order valence-corrected chi connectivity index (χ2v) is 13.3. The second-order valence-electron chi connectivity index (χ2n) is 13.3. The van der Waals surface area contributed by atoms with E-state index in [-0.39, 0.29) is 12.5 Å². The molecule has 0 aliphatic carbocycles. The minimum absolute atomic E-state index is 0.0799. The SMILES string of the molecule is CCCCCCCC/C=C/CC/C=C/C(O)C(CO)NC(=O)CCCCCCCCC/C=C\CCCCCCCCCCCC. The quantitative estimate of drug-likeness (QED) is 0.0481. The molecule has 2 unspecified atom stereocenters. The highest BCUT2D eigenvalue weighted by Crippen LogP contribution is 2.13. The Balaban J connectivity index is 3.60. The summed E-state index contributed by atoms with van der Waals surface area (Å²) in [5, 5.41) is 22.9. The fourth-order valence-electron chi connectivity index (χ4n) is 5.78. The molecule has 0 heterocycles. The van der Waals surface area contributed by atoms with E-state index in [0.717, 1.165) is 32.1 Å². The van der Waals surface area contributed by atoms with Crippen molar-refractivity contribution >= 4 is 5.91 Å². The molecule has 0 aromatic carbocycles. The number of carbonyl (C=O) groups is 1. The van der Waals surface area contributed by atoms with Crippen LogP contribution in [0.2, 0.25) is 0 Å². The lowest BCUT2D eigenvalue weighted by atomic mass is 10.1. The fraction of sp³-hybridized carbons (Fsp3) is 0.829. The van der Waals surface area contributed by atoms with E-state index < -0.39 is 12.1 Å². The Morgan fingerprint density at radius 1 is 0.511 bits per heavy atom. The van der Waals surface area contributed by atoms with Crippen molar-refractivity contribution in [3.8, 4) is 0 Å². The lowest BCUT2D eigenvalue weighted by Crippen LogP contribution is -2.45. The van der Waals surface area contributed by atoms with Crippen LogP contribution in [0.1, 0.15) is 200 Å². The Kier molecular flexibility index (Phi) is 35.9. The van der Waals surface area contributed by atoms with Crippen molar-refractivity contribution < 1.29 is 15.0 Å². The Morgan fingerprint density at radius 3 is 1.29 bits per heavy atom. The fourth-order valence-corrected chi connectivity index (χ4v) is 5.78. The van der Waals surface area contributed by atoms with Crippen LogP contribution in [0.25, 0.3) is 0 Å². The van der Waals surface area contributed by atoms with E-state index in [4.69, 9.17) is 0 Å². The summed E-state index contributed by atoms with van der Waals surface area (Å²) in [6.07, 6.45) is 48.1. The van der Waals surface area contributed by atoms with E-state index in [2.05, 4.69) is 43.5 Å². The average Bonchev–Trinajstić information content (AvgIpc) is 3.04. The zero-order valence-electron chi connectivity index (χ0n) is 30.1. The predicted octanol–water partition coefficient (Wildman–Crippen LogP) is 11.8. The first-order valence-electron chi connectivity index (χ1n) is 19.7. The molecule has 1 amide bonds. The molecule has 0 radical (unpaired) electrons. The minimum atomic E-state index is -0.861. The minimum Gasteiger partial charge on any atom is -0.394 e. The molecule has 0 rings (SSSR count). The van der Waals surface area contributed by atoms with E-state index in [0.29, 0.717) is 6.42 Å². The maximum absolute atomic E-state index is 12.3. The van der Waals surface area contributed by atoms with Gasteiger partial charge in [-0.25, -0.2) is 0 Å². The molecule has 0 aromatic rings. The number of carbonyl (C=O) groups excluding carboxylic acids is 1. The molecule has 4 heteroatoms. The van der Waals surface area contributed by atoms with Gasteiger partial charge in [0.25, 0.3) is 0 Å². The summed E-state index contributed by atoms with van der Waals surface area (Å²) in [4.78, 5) is 12.3. The number of amides is 1. The summed E-state index contributed by atoms with van der Waals surface area (Å²) in [7, 11) is 0. The van der Waals surface area contributed by atoms with Crippen molar-refractivity contribution in [2.45, 2.75) is 212 Å². The van der Waals surface area contributed by atoms with Gasteiger partial charge in [-0.05, 0) is 57.8 Å². The lowest BCUT2D eigenvalue weighted by molar-refractivity contribution is -0.123. The van der Waals surface area contributed by atoms with Crippen LogP contribution in [0.5, 0.6) is 0 Å². The highest BCUT2D eigenvalue weighted by atomic mass is 16.3. The van der Waals surface area contributed by atoms with E-state index in [1.807, 2.05) is 6.08 Å². The Labute approximate surface area is 281 Å². The van der Waals surface area contributed by atoms with Gasteiger partial charge in [0.15, 0.2) is 0 Å². The molecule has 0 fully saturated rings. The highest BCUT2D eigenvalue weighted by molar-refractivity contribution is 5.76. The van der Waals surface area contributed by atoms with Gasteiger partial charge in [-0.1, -0.05) is 172 Å². The van der Waals surface area contributed by atoms with Crippen molar-refractivity contribution in [1.82, 2.24) is 5.32 Å². The number of aliphatic hydroxyl groups excluding tert-OH is 2. The van der Waals surface area contributed by atoms with Crippen LogP contribution in [-0.2, 0) is 4.79 Å². The maximum atomic E-state index is 12.3. The first kappa shape index (κ1) is 43.6. The average molecular weight is 632 g/mol. The first-order chi connectivity index (χ1) is 22.2. The van der Waals surface area contributed by atoms with Crippen LogP contribution in [-0.4, -0.2) is 34.9 Å². The molecular formula is C41H77NO3. The van der Waals surface area contributed by atoms with Crippen molar-refractivity contribution in [1.29, 1.82) is 0 Å². The normalized spacial score (nSPS) is 13.4. The first-order valence-corrected chi connectivity index (χ1v) is 19.7. The van der Waals surface area contributed by atoms with Gasteiger partial charge in [0.1, 0.15) is 0 Å². The number of aliphatic hydroxyl groups is 2. The number of rotatable bonds is 35. The zero-order valence-corrected chi connectivity index (χ0v) is 30.1. The number of hydrogen-bond donors (Lipinski definition) is 3. The third kappa shape index (κ3) is 33.8. The number of unbranched alkanes of at least 4 members (excludes halogenated alkanes) is 24. The van der Waals surface area contributed by atoms with E-state index in [1.165, 1.54) is 148 Å². The molecule has 0 bridgehead atoms. The second kappa shape index (κ2) is 37.1. The van der Waals surface area contributed by atoms with Crippen molar-refractivity contribution in [2.24, 2.45) is 0 Å². The summed E-state index contributed by atoms with van der Waals surface area (Å²) < 4.78 is 0. The third-order valence-electron chi connectivity index (χ3n) is 8.85. The van der Waals surface area contributed by atoms with Gasteiger partial charge in [-0.3, -0.25) is 4.79 Å². The van der Waals surface area contributed by atoms with Gasteiger partial charge < -0.3 is 15.5 Å². The van der Waals surface area contributed by atoms with Crippen LogP contribution in [0.15, 0.2) is 36.5 Å². The van der Waals surface area contributed by atoms with Gasteiger partial charge >= 0.3 is 0 Å². The summed E-state index contributed by atoms with van der Waals surface area (Å²) >= 11 is 0. The molecule has 0 aromatic heterocycles. The molecule has 3 N–H and O–H groups in total. The molecular weight excluding hydrogens is 554 g/mol. The summed E-state index contributed by atoms with van der Waals surface area (Å²) in [5.41, 5.74) is 0. The molecule has 0 aliphatic rings. The Bertz CT molecular complexity index is 686. The molecule has 0 spiro atoms. The third-order valence-corrected chi connectivity index (χ3v) is 8.85. The number of hydrogen-bond acceptors (Lipinski definition) is 3.